The minimum Gasteiger partial charge on any atom is -0.496 e. The number of hydrogen-bond donors (Lipinski definition) is 1. The van der Waals surface area contributed by atoms with Crippen molar-refractivity contribution in [3.05, 3.63) is 113 Å². The number of nitrogens with zero attached hydrogens (tertiary/aromatic N) is 1. The predicted octanol–water partition coefficient (Wildman–Crippen LogP) is 7.46. The zero-order valence-electron chi connectivity index (χ0n) is 19.5. The van der Waals surface area contributed by atoms with Gasteiger partial charge in [-0.15, -0.1) is 0 Å². The maximum Gasteiger partial charge on any atom is 0.335 e. The average Bonchev–Trinajstić information content (AvgIpc) is 3.15. The fourth-order valence-electron chi connectivity index (χ4n) is 4.81. The quantitative estimate of drug-likeness (QED) is 0.274. The lowest BCUT2D eigenvalue weighted by atomic mass is 9.93. The van der Waals surface area contributed by atoms with E-state index in [9.17, 15) is 9.90 Å². The first-order valence-corrected chi connectivity index (χ1v) is 11.7. The van der Waals surface area contributed by atoms with E-state index in [2.05, 4.69) is 35.9 Å². The molecule has 0 aliphatic carbocycles. The highest BCUT2D eigenvalue weighted by Gasteiger charge is 2.22. The Morgan fingerprint density at radius 2 is 1.57 bits per heavy atom. The number of aromatic nitrogens is 1. The van der Waals surface area contributed by atoms with E-state index < -0.39 is 5.97 Å². The second kappa shape index (κ2) is 9.32. The van der Waals surface area contributed by atoms with E-state index in [1.165, 1.54) is 0 Å². The van der Waals surface area contributed by atoms with Crippen LogP contribution in [0.15, 0.2) is 91.0 Å². The summed E-state index contributed by atoms with van der Waals surface area (Å²) < 4.78 is 7.81. The molecule has 0 amide bonds. The van der Waals surface area contributed by atoms with E-state index >= 15 is 0 Å². The van der Waals surface area contributed by atoms with Crippen LogP contribution in [0.4, 0.5) is 0 Å². The SMILES string of the molecule is COc1cc(C(=O)O)ccc1Cc1c(-c2ccccc2)n(C)c2cc(Cl)cc(-c3ccccc3)c12. The topological polar surface area (TPSA) is 51.5 Å². The van der Waals surface area contributed by atoms with E-state index in [0.717, 1.165) is 44.4 Å². The smallest absolute Gasteiger partial charge is 0.335 e. The number of benzene rings is 4. The molecule has 5 aromatic rings. The second-order valence-electron chi connectivity index (χ2n) is 8.47. The normalized spacial score (nSPS) is 11.1. The first-order valence-electron chi connectivity index (χ1n) is 11.3. The van der Waals surface area contributed by atoms with Gasteiger partial charge in [-0.25, -0.2) is 4.79 Å². The molecule has 1 heterocycles. The summed E-state index contributed by atoms with van der Waals surface area (Å²) in [6.07, 6.45) is 0.562. The van der Waals surface area contributed by atoms with Crippen molar-refractivity contribution in [2.75, 3.05) is 7.11 Å². The van der Waals surface area contributed by atoms with E-state index in [4.69, 9.17) is 16.3 Å². The molecule has 5 rings (SSSR count). The summed E-state index contributed by atoms with van der Waals surface area (Å²) >= 11 is 6.62. The van der Waals surface area contributed by atoms with Crippen molar-refractivity contribution in [2.45, 2.75) is 6.42 Å². The average molecular weight is 482 g/mol. The van der Waals surface area contributed by atoms with Gasteiger partial charge in [0.05, 0.1) is 23.9 Å². The molecule has 1 N–H and O–H groups in total. The summed E-state index contributed by atoms with van der Waals surface area (Å²) in [7, 11) is 3.63. The van der Waals surface area contributed by atoms with E-state index in [1.54, 1.807) is 19.2 Å². The zero-order valence-corrected chi connectivity index (χ0v) is 20.2. The van der Waals surface area contributed by atoms with Crippen LogP contribution in [0.1, 0.15) is 21.5 Å². The molecule has 0 spiro atoms. The van der Waals surface area contributed by atoms with Gasteiger partial charge in [0, 0.05) is 23.9 Å². The molecule has 0 saturated heterocycles. The Hall–Kier alpha value is -4.02. The van der Waals surface area contributed by atoms with Gasteiger partial charge in [-0.3, -0.25) is 0 Å². The second-order valence-corrected chi connectivity index (χ2v) is 8.91. The Morgan fingerprint density at radius 1 is 0.914 bits per heavy atom. The Balaban J connectivity index is 1.83. The molecule has 0 unspecified atom stereocenters. The van der Waals surface area contributed by atoms with Crippen LogP contribution in [0.25, 0.3) is 33.3 Å². The molecular formula is C30H24ClNO3. The molecule has 4 aromatic carbocycles. The van der Waals surface area contributed by atoms with Gasteiger partial charge in [-0.2, -0.15) is 0 Å². The summed E-state index contributed by atoms with van der Waals surface area (Å²) in [5.74, 6) is -0.429. The van der Waals surface area contributed by atoms with Crippen LogP contribution in [-0.4, -0.2) is 22.8 Å². The van der Waals surface area contributed by atoms with E-state index in [1.807, 2.05) is 54.6 Å². The molecule has 0 saturated carbocycles. The third-order valence-corrected chi connectivity index (χ3v) is 6.62. The number of halogens is 1. The van der Waals surface area contributed by atoms with Crippen LogP contribution in [0.5, 0.6) is 5.75 Å². The predicted molar refractivity (Wildman–Crippen MR) is 142 cm³/mol. The number of fused-ring (bicyclic) bond motifs is 1. The molecule has 0 bridgehead atoms. The number of methoxy groups -OCH3 is 1. The van der Waals surface area contributed by atoms with Gasteiger partial charge in [0.1, 0.15) is 5.75 Å². The number of rotatable bonds is 6. The summed E-state index contributed by atoms with van der Waals surface area (Å²) in [6, 6.07) is 29.6. The standard InChI is InChI=1S/C30H24ClNO3/c1-32-26-18-23(31)17-24(19-9-5-3-6-10-19)28(26)25(29(32)20-11-7-4-8-12-20)15-21-13-14-22(30(33)34)16-27(21)35-2/h3-14,16-18H,15H2,1-2H3,(H,33,34). The van der Waals surface area contributed by atoms with Crippen molar-refractivity contribution in [1.29, 1.82) is 0 Å². The lowest BCUT2D eigenvalue weighted by Gasteiger charge is -2.13. The molecule has 0 fully saturated rings. The number of carboxylic acid groups (broad SMARTS) is 1. The Morgan fingerprint density at radius 3 is 2.20 bits per heavy atom. The molecule has 35 heavy (non-hydrogen) atoms. The van der Waals surface area contributed by atoms with Gasteiger partial charge >= 0.3 is 5.97 Å². The van der Waals surface area contributed by atoms with Crippen molar-refractivity contribution >= 4 is 28.5 Å². The van der Waals surface area contributed by atoms with Crippen LogP contribution in [0, 0.1) is 0 Å². The van der Waals surface area contributed by atoms with Gasteiger partial charge in [0.2, 0.25) is 0 Å². The van der Waals surface area contributed by atoms with Crippen LogP contribution in [0.3, 0.4) is 0 Å². The number of carboxylic acids is 1. The molecule has 5 heteroatoms. The zero-order chi connectivity index (χ0) is 24.5. The first kappa shape index (κ1) is 22.8. The van der Waals surface area contributed by atoms with E-state index in [-0.39, 0.29) is 5.56 Å². The van der Waals surface area contributed by atoms with Crippen LogP contribution in [-0.2, 0) is 13.5 Å². The summed E-state index contributed by atoms with van der Waals surface area (Å²) in [4.78, 5) is 11.5. The minimum absolute atomic E-state index is 0.198. The van der Waals surface area contributed by atoms with Crippen LogP contribution in [0.2, 0.25) is 5.02 Å². The fourth-order valence-corrected chi connectivity index (χ4v) is 5.02. The van der Waals surface area contributed by atoms with Crippen molar-refractivity contribution < 1.29 is 14.6 Å². The molecule has 0 aliphatic rings. The number of aromatic carboxylic acids is 1. The minimum atomic E-state index is -0.981. The van der Waals surface area contributed by atoms with Gasteiger partial charge in [-0.05, 0) is 52.1 Å². The lowest BCUT2D eigenvalue weighted by Crippen LogP contribution is -2.01. The monoisotopic (exact) mass is 481 g/mol. The number of hydrogen-bond acceptors (Lipinski definition) is 2. The molecule has 174 valence electrons. The van der Waals surface area contributed by atoms with Crippen molar-refractivity contribution in [2.24, 2.45) is 7.05 Å². The van der Waals surface area contributed by atoms with Crippen molar-refractivity contribution in [3.8, 4) is 28.1 Å². The maximum atomic E-state index is 11.5. The Labute approximate surface area is 209 Å². The molecule has 1 aromatic heterocycles. The maximum absolute atomic E-state index is 11.5. The number of ether oxygens (including phenoxy) is 1. The van der Waals surface area contributed by atoms with Crippen molar-refractivity contribution in [1.82, 2.24) is 4.57 Å². The first-order chi connectivity index (χ1) is 17.0. The molecule has 0 radical (unpaired) electrons. The van der Waals surface area contributed by atoms with Crippen LogP contribution < -0.4 is 4.74 Å². The number of aryl methyl sites for hydroxylation is 1. The highest BCUT2D eigenvalue weighted by Crippen LogP contribution is 2.42. The van der Waals surface area contributed by atoms with E-state index in [0.29, 0.717) is 17.2 Å². The largest absolute Gasteiger partial charge is 0.496 e. The van der Waals surface area contributed by atoms with Gasteiger partial charge in [0.15, 0.2) is 0 Å². The highest BCUT2D eigenvalue weighted by atomic mass is 35.5. The van der Waals surface area contributed by atoms with Crippen LogP contribution >= 0.6 is 11.6 Å². The van der Waals surface area contributed by atoms with Gasteiger partial charge in [-0.1, -0.05) is 78.3 Å². The fraction of sp³-hybridized carbons (Fsp3) is 0.100. The summed E-state index contributed by atoms with van der Waals surface area (Å²) in [5, 5.41) is 11.2. The van der Waals surface area contributed by atoms with Crippen molar-refractivity contribution in [3.63, 3.8) is 0 Å². The molecule has 4 nitrogen and oxygen atoms in total. The summed E-state index contributed by atoms with van der Waals surface area (Å²) in [6.45, 7) is 0. The third-order valence-electron chi connectivity index (χ3n) is 6.40. The molecule has 0 atom stereocenters. The van der Waals surface area contributed by atoms with Gasteiger partial charge in [0.25, 0.3) is 0 Å². The highest BCUT2D eigenvalue weighted by molar-refractivity contribution is 6.32. The molecular weight excluding hydrogens is 458 g/mol. The Bertz CT molecular complexity index is 1540. The third kappa shape index (κ3) is 4.17. The summed E-state index contributed by atoms with van der Waals surface area (Å²) in [5.41, 5.74) is 7.60. The Kier molecular flexibility index (Phi) is 6.06. The molecule has 0 aliphatic heterocycles. The number of carbonyl (C=O) groups is 1. The lowest BCUT2D eigenvalue weighted by molar-refractivity contribution is 0.0696. The van der Waals surface area contributed by atoms with Gasteiger partial charge < -0.3 is 14.4 Å².